The van der Waals surface area contributed by atoms with Gasteiger partial charge in [-0.2, -0.15) is 0 Å². The average molecular weight is 268 g/mol. The molecule has 1 saturated heterocycles. The Bertz CT molecular complexity index is 419. The molecular formula is C13H20N2O2S. The zero-order valence-corrected chi connectivity index (χ0v) is 11.9. The molecule has 1 aromatic heterocycles. The summed E-state index contributed by atoms with van der Waals surface area (Å²) in [7, 11) is 0. The highest BCUT2D eigenvalue weighted by Crippen LogP contribution is 2.29. The first kappa shape index (κ1) is 13.5. The van der Waals surface area contributed by atoms with Crippen LogP contribution in [0.15, 0.2) is 12.1 Å². The van der Waals surface area contributed by atoms with Crippen molar-refractivity contribution in [3.8, 4) is 0 Å². The molecule has 2 heterocycles. The van der Waals surface area contributed by atoms with E-state index in [0.717, 1.165) is 0 Å². The quantitative estimate of drug-likeness (QED) is 0.887. The van der Waals surface area contributed by atoms with Gasteiger partial charge >= 0.3 is 0 Å². The number of ether oxygens (including phenoxy) is 1. The highest BCUT2D eigenvalue weighted by molar-refractivity contribution is 7.12. The predicted octanol–water partition coefficient (Wildman–Crippen LogP) is 1.91. The Kier molecular flexibility index (Phi) is 4.37. The van der Waals surface area contributed by atoms with Crippen LogP contribution in [0.25, 0.3) is 0 Å². The third kappa shape index (κ3) is 2.74. The summed E-state index contributed by atoms with van der Waals surface area (Å²) < 4.78 is 5.43. The molecular weight excluding hydrogens is 248 g/mol. The number of nitrogens with one attached hydrogen (secondary N) is 1. The number of amides is 1. The van der Waals surface area contributed by atoms with Gasteiger partial charge < -0.3 is 9.64 Å². The molecule has 5 heteroatoms. The molecule has 2 unspecified atom stereocenters. The molecule has 18 heavy (non-hydrogen) atoms. The van der Waals surface area contributed by atoms with Crippen molar-refractivity contribution in [3.63, 3.8) is 0 Å². The van der Waals surface area contributed by atoms with Crippen LogP contribution in [0, 0.1) is 6.92 Å². The van der Waals surface area contributed by atoms with Crippen molar-refractivity contribution >= 4 is 17.2 Å². The lowest BCUT2D eigenvalue weighted by Crippen LogP contribution is -2.40. The van der Waals surface area contributed by atoms with E-state index >= 15 is 0 Å². The van der Waals surface area contributed by atoms with E-state index in [4.69, 9.17) is 4.74 Å². The lowest BCUT2D eigenvalue weighted by Gasteiger charge is -2.29. The standard InChI is InChI=1S/C13H20N2O2S/c1-4-17-8-9(2)15-12(16)7-14-13(15)11-6-5-10(3)18-11/h5-6,9,13-14H,4,7-8H2,1-3H3. The Balaban J connectivity index is 2.12. The van der Waals surface area contributed by atoms with E-state index in [0.29, 0.717) is 19.8 Å². The molecule has 2 atom stereocenters. The maximum absolute atomic E-state index is 12.0. The minimum atomic E-state index is 0.00616. The molecule has 0 aromatic carbocycles. The van der Waals surface area contributed by atoms with E-state index < -0.39 is 0 Å². The van der Waals surface area contributed by atoms with Crippen molar-refractivity contribution in [1.29, 1.82) is 0 Å². The normalized spacial score (nSPS) is 21.6. The average Bonchev–Trinajstić information content (AvgIpc) is 2.92. The fraction of sp³-hybridized carbons (Fsp3) is 0.615. The molecule has 1 N–H and O–H groups in total. The monoisotopic (exact) mass is 268 g/mol. The van der Waals surface area contributed by atoms with Gasteiger partial charge in [0.25, 0.3) is 0 Å². The van der Waals surface area contributed by atoms with Crippen molar-refractivity contribution in [2.45, 2.75) is 33.0 Å². The van der Waals surface area contributed by atoms with Crippen LogP contribution in [-0.2, 0) is 9.53 Å². The first-order chi connectivity index (χ1) is 8.63. The maximum atomic E-state index is 12.0. The molecule has 0 aliphatic carbocycles. The van der Waals surface area contributed by atoms with Gasteiger partial charge in [0.15, 0.2) is 0 Å². The van der Waals surface area contributed by atoms with Gasteiger partial charge in [-0.25, -0.2) is 0 Å². The van der Waals surface area contributed by atoms with Crippen LogP contribution in [0.2, 0.25) is 0 Å². The van der Waals surface area contributed by atoms with E-state index in [2.05, 4.69) is 24.4 Å². The Morgan fingerprint density at radius 2 is 2.39 bits per heavy atom. The molecule has 1 fully saturated rings. The molecule has 1 aromatic rings. The summed E-state index contributed by atoms with van der Waals surface area (Å²) in [6, 6.07) is 4.28. The van der Waals surface area contributed by atoms with E-state index in [-0.39, 0.29) is 18.1 Å². The van der Waals surface area contributed by atoms with Crippen molar-refractivity contribution in [1.82, 2.24) is 10.2 Å². The third-order valence-corrected chi connectivity index (χ3v) is 4.13. The molecule has 1 aliphatic heterocycles. The summed E-state index contributed by atoms with van der Waals surface area (Å²) >= 11 is 1.73. The minimum Gasteiger partial charge on any atom is -0.380 e. The van der Waals surface area contributed by atoms with Crippen LogP contribution in [0.1, 0.15) is 29.8 Å². The molecule has 0 spiro atoms. The lowest BCUT2D eigenvalue weighted by atomic mass is 10.2. The van der Waals surface area contributed by atoms with Crippen molar-refractivity contribution in [2.24, 2.45) is 0 Å². The minimum absolute atomic E-state index is 0.00616. The van der Waals surface area contributed by atoms with E-state index in [1.165, 1.54) is 9.75 Å². The van der Waals surface area contributed by atoms with Gasteiger partial charge in [0.05, 0.1) is 19.2 Å². The van der Waals surface area contributed by atoms with Crippen LogP contribution in [0.4, 0.5) is 0 Å². The van der Waals surface area contributed by atoms with Crippen LogP contribution in [-0.4, -0.2) is 36.6 Å². The molecule has 1 amide bonds. The fourth-order valence-electron chi connectivity index (χ4n) is 2.22. The first-order valence-corrected chi connectivity index (χ1v) is 7.13. The first-order valence-electron chi connectivity index (χ1n) is 6.32. The third-order valence-electron chi connectivity index (χ3n) is 3.08. The Hall–Kier alpha value is -0.910. The van der Waals surface area contributed by atoms with E-state index in [1.807, 2.05) is 18.7 Å². The van der Waals surface area contributed by atoms with Crippen molar-refractivity contribution in [2.75, 3.05) is 19.8 Å². The van der Waals surface area contributed by atoms with Crippen molar-refractivity contribution < 1.29 is 9.53 Å². The summed E-state index contributed by atoms with van der Waals surface area (Å²) in [5.41, 5.74) is 0. The summed E-state index contributed by atoms with van der Waals surface area (Å²) in [5.74, 6) is 0.151. The van der Waals surface area contributed by atoms with E-state index in [9.17, 15) is 4.79 Å². The van der Waals surface area contributed by atoms with Gasteiger partial charge in [-0.3, -0.25) is 10.1 Å². The van der Waals surface area contributed by atoms with E-state index in [1.54, 1.807) is 11.3 Å². The Morgan fingerprint density at radius 1 is 1.61 bits per heavy atom. The molecule has 100 valence electrons. The molecule has 1 aliphatic rings. The number of aryl methyl sites for hydroxylation is 1. The summed E-state index contributed by atoms with van der Waals surface area (Å²) in [5, 5.41) is 3.27. The number of hydrogen-bond acceptors (Lipinski definition) is 4. The van der Waals surface area contributed by atoms with Gasteiger partial charge in [-0.05, 0) is 32.9 Å². The van der Waals surface area contributed by atoms with Gasteiger partial charge in [0.2, 0.25) is 5.91 Å². The summed E-state index contributed by atoms with van der Waals surface area (Å²) in [6.45, 7) is 7.77. The molecule has 4 nitrogen and oxygen atoms in total. The largest absolute Gasteiger partial charge is 0.380 e. The second-order valence-electron chi connectivity index (χ2n) is 4.54. The molecule has 0 saturated carbocycles. The fourth-order valence-corrected chi connectivity index (χ4v) is 3.18. The second-order valence-corrected chi connectivity index (χ2v) is 5.86. The highest BCUT2D eigenvalue weighted by atomic mass is 32.1. The van der Waals surface area contributed by atoms with Gasteiger partial charge in [-0.1, -0.05) is 0 Å². The topological polar surface area (TPSA) is 41.6 Å². The summed E-state index contributed by atoms with van der Waals surface area (Å²) in [4.78, 5) is 16.3. The zero-order valence-electron chi connectivity index (χ0n) is 11.1. The number of carbonyl (C=O) groups excluding carboxylic acids is 1. The number of rotatable bonds is 5. The molecule has 0 radical (unpaired) electrons. The van der Waals surface area contributed by atoms with Crippen LogP contribution in [0.3, 0.4) is 0 Å². The zero-order chi connectivity index (χ0) is 13.1. The Labute approximate surface area is 112 Å². The number of thiophene rings is 1. The SMILES string of the molecule is CCOCC(C)N1C(=O)CNC1c1ccc(C)s1. The maximum Gasteiger partial charge on any atom is 0.238 e. The van der Waals surface area contributed by atoms with Crippen LogP contribution in [0.5, 0.6) is 0 Å². The molecule has 2 rings (SSSR count). The smallest absolute Gasteiger partial charge is 0.238 e. The van der Waals surface area contributed by atoms with Crippen LogP contribution >= 0.6 is 11.3 Å². The second kappa shape index (κ2) is 5.82. The number of nitrogens with zero attached hydrogens (tertiary/aromatic N) is 1. The summed E-state index contributed by atoms with van der Waals surface area (Å²) in [6.07, 6.45) is 0.00616. The number of carbonyl (C=O) groups is 1. The number of hydrogen-bond donors (Lipinski definition) is 1. The van der Waals surface area contributed by atoms with Gasteiger partial charge in [0, 0.05) is 16.4 Å². The van der Waals surface area contributed by atoms with Gasteiger partial charge in [0.1, 0.15) is 6.17 Å². The van der Waals surface area contributed by atoms with Gasteiger partial charge in [-0.15, -0.1) is 11.3 Å². The van der Waals surface area contributed by atoms with Crippen LogP contribution < -0.4 is 5.32 Å². The molecule has 0 bridgehead atoms. The Morgan fingerprint density at radius 3 is 3.00 bits per heavy atom. The highest BCUT2D eigenvalue weighted by Gasteiger charge is 2.35. The predicted molar refractivity (Wildman–Crippen MR) is 72.6 cm³/mol. The lowest BCUT2D eigenvalue weighted by molar-refractivity contribution is -0.131. The van der Waals surface area contributed by atoms with Crippen molar-refractivity contribution in [3.05, 3.63) is 21.9 Å².